The summed E-state index contributed by atoms with van der Waals surface area (Å²) in [6.07, 6.45) is 1.69. The van der Waals surface area contributed by atoms with Crippen molar-refractivity contribution >= 4 is 11.5 Å². The first-order valence-electron chi connectivity index (χ1n) is 4.32. The van der Waals surface area contributed by atoms with Crippen LogP contribution in [0.3, 0.4) is 0 Å². The van der Waals surface area contributed by atoms with Crippen LogP contribution in [0.5, 0.6) is 0 Å². The van der Waals surface area contributed by atoms with Crippen LogP contribution in [0.25, 0.3) is 0 Å². The van der Waals surface area contributed by atoms with Gasteiger partial charge in [-0.2, -0.15) is 0 Å². The lowest BCUT2D eigenvalue weighted by Crippen LogP contribution is -2.53. The van der Waals surface area contributed by atoms with Crippen LogP contribution in [-0.4, -0.2) is 40.1 Å². The van der Waals surface area contributed by atoms with Crippen molar-refractivity contribution < 1.29 is 5.11 Å². The highest BCUT2D eigenvalue weighted by molar-refractivity contribution is 7.03. The van der Waals surface area contributed by atoms with Crippen molar-refractivity contribution in [3.63, 3.8) is 0 Å². The SMILES string of the molecule is NCC(c1cnsc1)N1CC(O)C1. The minimum atomic E-state index is -0.166. The van der Waals surface area contributed by atoms with Gasteiger partial charge in [0.05, 0.1) is 6.10 Å². The summed E-state index contributed by atoms with van der Waals surface area (Å²) in [5, 5.41) is 11.2. The molecule has 2 rings (SSSR count). The van der Waals surface area contributed by atoms with Crippen LogP contribution >= 0.6 is 11.5 Å². The zero-order valence-electron chi connectivity index (χ0n) is 7.26. The average molecular weight is 199 g/mol. The summed E-state index contributed by atoms with van der Waals surface area (Å²) < 4.78 is 4.05. The third-order valence-corrected chi connectivity index (χ3v) is 3.00. The Kier molecular flexibility index (Phi) is 2.59. The van der Waals surface area contributed by atoms with E-state index < -0.39 is 0 Å². The second-order valence-electron chi connectivity index (χ2n) is 3.32. The molecule has 1 atom stereocenters. The second kappa shape index (κ2) is 3.71. The fraction of sp³-hybridized carbons (Fsp3) is 0.625. The van der Waals surface area contributed by atoms with E-state index >= 15 is 0 Å². The van der Waals surface area contributed by atoms with Gasteiger partial charge in [-0.1, -0.05) is 0 Å². The molecule has 5 heteroatoms. The first-order chi connectivity index (χ1) is 6.31. The molecule has 0 aliphatic carbocycles. The zero-order chi connectivity index (χ0) is 9.26. The molecule has 4 nitrogen and oxygen atoms in total. The number of β-amino-alcohol motifs (C(OH)–C–C–N with tert-alkyl or cyclic N) is 1. The van der Waals surface area contributed by atoms with Gasteiger partial charge in [-0.3, -0.25) is 4.90 Å². The lowest BCUT2D eigenvalue weighted by Gasteiger charge is -2.41. The molecule has 13 heavy (non-hydrogen) atoms. The highest BCUT2D eigenvalue weighted by Gasteiger charge is 2.31. The Morgan fingerprint density at radius 2 is 2.54 bits per heavy atom. The highest BCUT2D eigenvalue weighted by Crippen LogP contribution is 2.25. The highest BCUT2D eigenvalue weighted by atomic mass is 32.1. The zero-order valence-corrected chi connectivity index (χ0v) is 8.07. The number of rotatable bonds is 3. The Bertz CT molecular complexity index is 258. The molecule has 1 saturated heterocycles. The van der Waals surface area contributed by atoms with Gasteiger partial charge in [0.2, 0.25) is 0 Å². The molecular weight excluding hydrogens is 186 g/mol. The number of nitrogens with zero attached hydrogens (tertiary/aromatic N) is 2. The molecule has 1 aliphatic heterocycles. The molecule has 1 aromatic rings. The van der Waals surface area contributed by atoms with Gasteiger partial charge in [-0.05, 0) is 11.5 Å². The fourth-order valence-electron chi connectivity index (χ4n) is 1.62. The van der Waals surface area contributed by atoms with E-state index in [4.69, 9.17) is 10.8 Å². The maximum Gasteiger partial charge on any atom is 0.0794 e. The Morgan fingerprint density at radius 3 is 3.00 bits per heavy atom. The van der Waals surface area contributed by atoms with E-state index in [1.165, 1.54) is 17.1 Å². The quantitative estimate of drug-likeness (QED) is 0.709. The first kappa shape index (κ1) is 9.08. The Balaban J connectivity index is 2.02. The van der Waals surface area contributed by atoms with Crippen molar-refractivity contribution in [1.82, 2.24) is 9.27 Å². The third-order valence-electron chi connectivity index (χ3n) is 2.39. The number of hydrogen-bond donors (Lipinski definition) is 2. The van der Waals surface area contributed by atoms with Gasteiger partial charge in [0.25, 0.3) is 0 Å². The van der Waals surface area contributed by atoms with Crippen molar-refractivity contribution in [2.45, 2.75) is 12.1 Å². The predicted molar refractivity (Wildman–Crippen MR) is 51.5 cm³/mol. The molecule has 0 amide bonds. The summed E-state index contributed by atoms with van der Waals surface area (Å²) in [5.74, 6) is 0. The van der Waals surface area contributed by atoms with Crippen LogP contribution in [-0.2, 0) is 0 Å². The topological polar surface area (TPSA) is 62.4 Å². The van der Waals surface area contributed by atoms with E-state index in [9.17, 15) is 0 Å². The standard InChI is InChI=1S/C8H13N3OS/c9-1-8(6-2-10-13-5-6)11-3-7(12)4-11/h2,5,7-8,12H,1,3-4,9H2. The van der Waals surface area contributed by atoms with Gasteiger partial charge >= 0.3 is 0 Å². The molecule has 1 aliphatic rings. The summed E-state index contributed by atoms with van der Waals surface area (Å²) in [7, 11) is 0. The molecular formula is C8H13N3OS. The summed E-state index contributed by atoms with van der Waals surface area (Å²) in [4.78, 5) is 2.17. The third kappa shape index (κ3) is 1.73. The minimum absolute atomic E-state index is 0.166. The molecule has 1 unspecified atom stereocenters. The molecule has 0 spiro atoms. The van der Waals surface area contributed by atoms with Gasteiger partial charge in [0.15, 0.2) is 0 Å². The number of nitrogens with two attached hydrogens (primary N) is 1. The smallest absolute Gasteiger partial charge is 0.0794 e. The largest absolute Gasteiger partial charge is 0.390 e. The number of hydrogen-bond acceptors (Lipinski definition) is 5. The lowest BCUT2D eigenvalue weighted by molar-refractivity contribution is -0.0233. The molecule has 1 aromatic heterocycles. The van der Waals surface area contributed by atoms with Gasteiger partial charge in [0.1, 0.15) is 0 Å². The van der Waals surface area contributed by atoms with Gasteiger partial charge in [0, 0.05) is 42.8 Å². The normalized spacial score (nSPS) is 21.4. The summed E-state index contributed by atoms with van der Waals surface area (Å²) in [5.41, 5.74) is 6.84. The monoisotopic (exact) mass is 199 g/mol. The van der Waals surface area contributed by atoms with Crippen LogP contribution < -0.4 is 5.73 Å². The number of aliphatic hydroxyl groups excluding tert-OH is 1. The Morgan fingerprint density at radius 1 is 1.77 bits per heavy atom. The van der Waals surface area contributed by atoms with Crippen molar-refractivity contribution in [3.05, 3.63) is 17.1 Å². The molecule has 72 valence electrons. The van der Waals surface area contributed by atoms with Crippen molar-refractivity contribution in [2.24, 2.45) is 5.73 Å². The van der Waals surface area contributed by atoms with E-state index in [1.807, 2.05) is 11.6 Å². The summed E-state index contributed by atoms with van der Waals surface area (Å²) in [6, 6.07) is 0.238. The fourth-order valence-corrected chi connectivity index (χ4v) is 2.20. The number of aliphatic hydroxyl groups is 1. The lowest BCUT2D eigenvalue weighted by atomic mass is 10.0. The minimum Gasteiger partial charge on any atom is -0.390 e. The van der Waals surface area contributed by atoms with Gasteiger partial charge < -0.3 is 10.8 Å². The number of aromatic nitrogens is 1. The van der Waals surface area contributed by atoms with Crippen molar-refractivity contribution in [1.29, 1.82) is 0 Å². The van der Waals surface area contributed by atoms with E-state index in [-0.39, 0.29) is 12.1 Å². The maximum atomic E-state index is 9.16. The molecule has 2 heterocycles. The van der Waals surface area contributed by atoms with Crippen LogP contribution in [0.2, 0.25) is 0 Å². The summed E-state index contributed by atoms with van der Waals surface area (Å²) >= 11 is 1.44. The van der Waals surface area contributed by atoms with Crippen LogP contribution in [0.1, 0.15) is 11.6 Å². The van der Waals surface area contributed by atoms with Crippen molar-refractivity contribution in [2.75, 3.05) is 19.6 Å². The number of likely N-dealkylation sites (tertiary alicyclic amines) is 1. The molecule has 0 bridgehead atoms. The second-order valence-corrected chi connectivity index (χ2v) is 3.97. The van der Waals surface area contributed by atoms with E-state index in [0.29, 0.717) is 6.54 Å². The maximum absolute atomic E-state index is 9.16. The average Bonchev–Trinajstić information content (AvgIpc) is 2.55. The molecule has 0 radical (unpaired) electrons. The molecule has 0 saturated carbocycles. The van der Waals surface area contributed by atoms with Crippen LogP contribution in [0.15, 0.2) is 11.6 Å². The first-order valence-corrected chi connectivity index (χ1v) is 5.16. The molecule has 0 aromatic carbocycles. The van der Waals surface area contributed by atoms with Gasteiger partial charge in [-0.15, -0.1) is 0 Å². The Hall–Kier alpha value is -0.490. The van der Waals surface area contributed by atoms with E-state index in [0.717, 1.165) is 13.1 Å². The molecule has 1 fully saturated rings. The Labute approximate surface area is 81.1 Å². The van der Waals surface area contributed by atoms with Crippen molar-refractivity contribution in [3.8, 4) is 0 Å². The van der Waals surface area contributed by atoms with Gasteiger partial charge in [-0.25, -0.2) is 4.37 Å². The van der Waals surface area contributed by atoms with Crippen LogP contribution in [0, 0.1) is 0 Å². The van der Waals surface area contributed by atoms with E-state index in [2.05, 4.69) is 9.27 Å². The van der Waals surface area contributed by atoms with Crippen LogP contribution in [0.4, 0.5) is 0 Å². The molecule has 3 N–H and O–H groups in total. The predicted octanol–water partition coefficient (Wildman–Crippen LogP) is -0.181. The summed E-state index contributed by atoms with van der Waals surface area (Å²) in [6.45, 7) is 2.06. The van der Waals surface area contributed by atoms with E-state index in [1.54, 1.807) is 0 Å².